The fourth-order valence-corrected chi connectivity index (χ4v) is 0.856. The zero-order valence-electron chi connectivity index (χ0n) is 9.66. The Balaban J connectivity index is 0. The summed E-state index contributed by atoms with van der Waals surface area (Å²) in [7, 11) is 0. The van der Waals surface area contributed by atoms with E-state index in [-0.39, 0.29) is 24.3 Å². The van der Waals surface area contributed by atoms with Gasteiger partial charge in [0.1, 0.15) is 11.6 Å². The average Bonchev–Trinajstić information content (AvgIpc) is 1.98. The summed E-state index contributed by atoms with van der Waals surface area (Å²) in [6, 6.07) is -0.496. The van der Waals surface area contributed by atoms with Crippen LogP contribution in [0.5, 0.6) is 0 Å². The van der Waals surface area contributed by atoms with E-state index in [1.165, 1.54) is 0 Å². The molecule has 0 aromatic carbocycles. The van der Waals surface area contributed by atoms with Crippen molar-refractivity contribution in [2.24, 2.45) is 11.7 Å². The van der Waals surface area contributed by atoms with Crippen molar-refractivity contribution in [3.05, 3.63) is 0 Å². The second-order valence-electron chi connectivity index (χ2n) is 4.44. The number of nitrogens with two attached hydrogens (primary N) is 1. The molecule has 0 aromatic rings. The highest BCUT2D eigenvalue weighted by Crippen LogP contribution is 2.12. The lowest BCUT2D eigenvalue weighted by molar-refractivity contribution is -0.157. The Morgan fingerprint density at radius 1 is 1.43 bits per heavy atom. The van der Waals surface area contributed by atoms with Crippen LogP contribution in [0.4, 0.5) is 0 Å². The summed E-state index contributed by atoms with van der Waals surface area (Å²) in [5.41, 5.74) is 5.26. The van der Waals surface area contributed by atoms with Crippen LogP contribution >= 0.6 is 12.4 Å². The van der Waals surface area contributed by atoms with E-state index in [1.54, 1.807) is 0 Å². The van der Waals surface area contributed by atoms with E-state index in [1.807, 2.05) is 34.6 Å². The SMILES string of the molecule is CC[C@H](C)[C@H](N)C(=O)OC(C)(C)C.Cl. The van der Waals surface area contributed by atoms with Crippen molar-refractivity contribution in [2.45, 2.75) is 52.7 Å². The minimum absolute atomic E-state index is 0. The normalized spacial score (nSPS) is 15.3. The Morgan fingerprint density at radius 3 is 2.14 bits per heavy atom. The first-order chi connectivity index (χ1) is 5.78. The van der Waals surface area contributed by atoms with Crippen LogP contribution < -0.4 is 5.73 Å². The van der Waals surface area contributed by atoms with Gasteiger partial charge in [-0.05, 0) is 26.7 Å². The molecule has 3 nitrogen and oxygen atoms in total. The third-order valence-electron chi connectivity index (χ3n) is 1.94. The van der Waals surface area contributed by atoms with Crippen molar-refractivity contribution in [2.75, 3.05) is 0 Å². The smallest absolute Gasteiger partial charge is 0.323 e. The topological polar surface area (TPSA) is 52.3 Å². The molecule has 14 heavy (non-hydrogen) atoms. The minimum atomic E-state index is -0.496. The molecular weight excluding hydrogens is 202 g/mol. The molecule has 0 saturated carbocycles. The highest BCUT2D eigenvalue weighted by atomic mass is 35.5. The zero-order valence-corrected chi connectivity index (χ0v) is 10.5. The van der Waals surface area contributed by atoms with Crippen molar-refractivity contribution in [3.63, 3.8) is 0 Å². The van der Waals surface area contributed by atoms with Gasteiger partial charge in [0.2, 0.25) is 0 Å². The van der Waals surface area contributed by atoms with E-state index in [4.69, 9.17) is 10.5 Å². The van der Waals surface area contributed by atoms with E-state index in [9.17, 15) is 4.79 Å². The van der Waals surface area contributed by atoms with Gasteiger partial charge in [0.05, 0.1) is 0 Å². The molecule has 0 aliphatic rings. The molecule has 0 heterocycles. The molecule has 0 rings (SSSR count). The van der Waals surface area contributed by atoms with Crippen LogP contribution in [-0.2, 0) is 9.53 Å². The predicted molar refractivity (Wildman–Crippen MR) is 60.5 cm³/mol. The largest absolute Gasteiger partial charge is 0.459 e. The number of carbonyl (C=O) groups excluding carboxylic acids is 1. The maximum Gasteiger partial charge on any atom is 0.323 e. The number of esters is 1. The lowest BCUT2D eigenvalue weighted by atomic mass is 10.00. The van der Waals surface area contributed by atoms with Crippen LogP contribution in [0.15, 0.2) is 0 Å². The molecule has 0 aliphatic heterocycles. The Bertz CT molecular complexity index is 177. The predicted octanol–water partition coefficient (Wildman–Crippen LogP) is 2.12. The third kappa shape index (κ3) is 6.22. The van der Waals surface area contributed by atoms with Crippen LogP contribution in [0.1, 0.15) is 41.0 Å². The fraction of sp³-hybridized carbons (Fsp3) is 0.900. The first-order valence-corrected chi connectivity index (χ1v) is 4.76. The summed E-state index contributed by atoms with van der Waals surface area (Å²) in [6.07, 6.45) is 0.889. The van der Waals surface area contributed by atoms with Crippen molar-refractivity contribution < 1.29 is 9.53 Å². The first-order valence-electron chi connectivity index (χ1n) is 4.76. The van der Waals surface area contributed by atoms with Gasteiger partial charge in [0.15, 0.2) is 0 Å². The molecule has 2 N–H and O–H groups in total. The molecule has 0 spiro atoms. The highest BCUT2D eigenvalue weighted by molar-refractivity contribution is 5.85. The van der Waals surface area contributed by atoms with Gasteiger partial charge >= 0.3 is 5.97 Å². The Hall–Kier alpha value is -0.280. The van der Waals surface area contributed by atoms with Gasteiger partial charge in [-0.2, -0.15) is 0 Å². The number of carbonyl (C=O) groups is 1. The van der Waals surface area contributed by atoms with Crippen molar-refractivity contribution in [1.29, 1.82) is 0 Å². The van der Waals surface area contributed by atoms with E-state index in [2.05, 4.69) is 0 Å². The van der Waals surface area contributed by atoms with Crippen LogP contribution in [0, 0.1) is 5.92 Å². The summed E-state index contributed by atoms with van der Waals surface area (Å²) in [5, 5.41) is 0. The minimum Gasteiger partial charge on any atom is -0.459 e. The molecule has 0 amide bonds. The Labute approximate surface area is 92.8 Å². The second kappa shape index (κ2) is 6.25. The number of ether oxygens (including phenoxy) is 1. The van der Waals surface area contributed by atoms with E-state index in [0.29, 0.717) is 0 Å². The van der Waals surface area contributed by atoms with E-state index >= 15 is 0 Å². The molecule has 0 aromatic heterocycles. The molecule has 0 saturated heterocycles. The summed E-state index contributed by atoms with van der Waals surface area (Å²) >= 11 is 0. The molecular formula is C10H22ClNO2. The van der Waals surface area contributed by atoms with E-state index < -0.39 is 11.6 Å². The average molecular weight is 224 g/mol. The highest BCUT2D eigenvalue weighted by Gasteiger charge is 2.25. The quantitative estimate of drug-likeness (QED) is 0.746. The molecule has 86 valence electrons. The van der Waals surface area contributed by atoms with Gasteiger partial charge in [0, 0.05) is 0 Å². The Kier molecular flexibility index (Phi) is 7.21. The van der Waals surface area contributed by atoms with Crippen molar-refractivity contribution in [1.82, 2.24) is 0 Å². The molecule has 0 bridgehead atoms. The van der Waals surface area contributed by atoms with Gasteiger partial charge in [-0.25, -0.2) is 0 Å². The maximum atomic E-state index is 11.4. The van der Waals surface area contributed by atoms with Gasteiger partial charge in [0.25, 0.3) is 0 Å². The standard InChI is InChI=1S/C10H21NO2.ClH/c1-6-7(2)8(11)9(12)13-10(3,4)5;/h7-8H,6,11H2,1-5H3;1H/t7-,8-;/m0./s1. The fourth-order valence-electron chi connectivity index (χ4n) is 0.856. The van der Waals surface area contributed by atoms with Gasteiger partial charge in [-0.15, -0.1) is 12.4 Å². The van der Waals surface area contributed by atoms with Gasteiger partial charge in [-0.3, -0.25) is 4.79 Å². The Morgan fingerprint density at radius 2 is 1.86 bits per heavy atom. The summed E-state index contributed by atoms with van der Waals surface area (Å²) in [6.45, 7) is 9.49. The zero-order chi connectivity index (χ0) is 10.6. The van der Waals surface area contributed by atoms with Crippen molar-refractivity contribution in [3.8, 4) is 0 Å². The lowest BCUT2D eigenvalue weighted by Gasteiger charge is -2.24. The summed E-state index contributed by atoms with van der Waals surface area (Å²) in [4.78, 5) is 11.4. The van der Waals surface area contributed by atoms with E-state index in [0.717, 1.165) is 6.42 Å². The molecule has 0 fully saturated rings. The lowest BCUT2D eigenvalue weighted by Crippen LogP contribution is -2.41. The first kappa shape index (κ1) is 16.2. The van der Waals surface area contributed by atoms with Crippen LogP contribution in [0.2, 0.25) is 0 Å². The number of halogens is 1. The maximum absolute atomic E-state index is 11.4. The number of hydrogen-bond donors (Lipinski definition) is 1. The van der Waals surface area contributed by atoms with Gasteiger partial charge < -0.3 is 10.5 Å². The molecule has 4 heteroatoms. The monoisotopic (exact) mass is 223 g/mol. The molecule has 0 unspecified atom stereocenters. The molecule has 0 aliphatic carbocycles. The van der Waals surface area contributed by atoms with Crippen LogP contribution in [-0.4, -0.2) is 17.6 Å². The third-order valence-corrected chi connectivity index (χ3v) is 1.94. The van der Waals surface area contributed by atoms with Crippen LogP contribution in [0.3, 0.4) is 0 Å². The molecule has 2 atom stereocenters. The van der Waals surface area contributed by atoms with Crippen molar-refractivity contribution >= 4 is 18.4 Å². The second-order valence-corrected chi connectivity index (χ2v) is 4.44. The summed E-state index contributed by atoms with van der Waals surface area (Å²) < 4.78 is 5.16. The van der Waals surface area contributed by atoms with Crippen LogP contribution in [0.25, 0.3) is 0 Å². The number of hydrogen-bond acceptors (Lipinski definition) is 3. The number of rotatable bonds is 3. The summed E-state index contributed by atoms with van der Waals surface area (Å²) in [5.74, 6) is -0.128. The van der Waals surface area contributed by atoms with Gasteiger partial charge in [-0.1, -0.05) is 20.3 Å². The molecule has 0 radical (unpaired) electrons.